The second kappa shape index (κ2) is 17.1. The predicted molar refractivity (Wildman–Crippen MR) is 163 cm³/mol. The first-order chi connectivity index (χ1) is 16.8. The van der Waals surface area contributed by atoms with Crippen molar-refractivity contribution in [3.05, 3.63) is 121 Å². The van der Waals surface area contributed by atoms with Gasteiger partial charge in [-0.05, 0) is 49.4 Å². The van der Waals surface area contributed by atoms with Crippen molar-refractivity contribution in [2.45, 2.75) is 13.8 Å². The van der Waals surface area contributed by atoms with Gasteiger partial charge in [0.1, 0.15) is 0 Å². The van der Waals surface area contributed by atoms with Crippen LogP contribution in [-0.4, -0.2) is 12.3 Å². The molecule has 0 N–H and O–H groups in total. The average molecular weight is 757 g/mol. The summed E-state index contributed by atoms with van der Waals surface area (Å²) in [5, 5.41) is 5.89. The molecule has 0 aliphatic heterocycles. The third-order valence-corrected chi connectivity index (χ3v) is 9.85. The molecule has 4 rings (SSSR count). The number of rotatable bonds is 6. The van der Waals surface area contributed by atoms with Crippen molar-refractivity contribution >= 4 is 75.2 Å². The molecule has 0 unspecified atom stereocenters. The molecule has 35 heavy (non-hydrogen) atoms. The molecule has 0 aliphatic rings. The van der Waals surface area contributed by atoms with E-state index in [2.05, 4.69) is 135 Å². The van der Waals surface area contributed by atoms with Crippen LogP contribution in [0.4, 0.5) is 0 Å². The van der Waals surface area contributed by atoms with E-state index in [0.717, 1.165) is 0 Å². The summed E-state index contributed by atoms with van der Waals surface area (Å²) in [6.07, 6.45) is 2.42. The molecule has 4 aromatic carbocycles. The fourth-order valence-corrected chi connectivity index (χ4v) is 7.65. The SMILES string of the molecule is CCP(c1ccccc1)c1ccccc1.CCP(c1ccccc1)c1ccccc1.[Cl][Re]([Cl])([Cl])[Cl]. The molecular weight excluding hydrogens is 726 g/mol. The number of hydrogen-bond donors (Lipinski definition) is 0. The van der Waals surface area contributed by atoms with Crippen LogP contribution in [0.15, 0.2) is 121 Å². The van der Waals surface area contributed by atoms with E-state index < -0.39 is 11.5 Å². The van der Waals surface area contributed by atoms with Gasteiger partial charge in [-0.25, -0.2) is 0 Å². The standard InChI is InChI=1S/2C14H15P.4ClH.Re/c2*1-2-15(13-9-5-3-6-10-13)14-11-7-4-8-12-14;;;;;/h2*3-12H,2H2,1H3;4*1H;/q;;;;;;+4/p-4. The molecule has 0 fully saturated rings. The Morgan fingerprint density at radius 2 is 0.600 bits per heavy atom. The molecule has 0 amide bonds. The number of hydrogen-bond acceptors (Lipinski definition) is 0. The fourth-order valence-electron chi connectivity index (χ4n) is 3.46. The van der Waals surface area contributed by atoms with E-state index >= 15 is 0 Å². The molecule has 0 nitrogen and oxygen atoms in total. The van der Waals surface area contributed by atoms with Gasteiger partial charge in [-0.2, -0.15) is 0 Å². The summed E-state index contributed by atoms with van der Waals surface area (Å²) in [6, 6.07) is 43.3. The Balaban J connectivity index is 0.000000208. The van der Waals surface area contributed by atoms with Gasteiger partial charge in [-0.1, -0.05) is 135 Å². The maximum absolute atomic E-state index is 5.03. The Morgan fingerprint density at radius 3 is 0.743 bits per heavy atom. The molecule has 187 valence electrons. The van der Waals surface area contributed by atoms with E-state index in [1.54, 1.807) is 0 Å². The van der Waals surface area contributed by atoms with Crippen LogP contribution in [0.25, 0.3) is 0 Å². The molecule has 0 aromatic heterocycles. The Hall–Kier alpha value is -0.438. The summed E-state index contributed by atoms with van der Waals surface area (Å²) in [5.74, 6) is 0. The first-order valence-electron chi connectivity index (χ1n) is 11.2. The van der Waals surface area contributed by atoms with Crippen LogP contribution in [0.5, 0.6) is 0 Å². The van der Waals surface area contributed by atoms with Crippen LogP contribution < -0.4 is 21.2 Å². The molecule has 0 bridgehead atoms. The molecule has 0 atom stereocenters. The Bertz CT molecular complexity index is 896. The predicted octanol–water partition coefficient (Wildman–Crippen LogP) is 9.03. The molecule has 0 aliphatic carbocycles. The maximum atomic E-state index is 5.03. The van der Waals surface area contributed by atoms with Gasteiger partial charge in [-0.15, -0.1) is 0 Å². The van der Waals surface area contributed by atoms with Crippen LogP contribution in [0.3, 0.4) is 0 Å². The molecular formula is C28H30Cl4P2Re. The van der Waals surface area contributed by atoms with E-state index in [1.807, 2.05) is 0 Å². The summed E-state index contributed by atoms with van der Waals surface area (Å²) in [7, 11) is 19.8. The topological polar surface area (TPSA) is 0 Å². The summed E-state index contributed by atoms with van der Waals surface area (Å²) in [4.78, 5) is 0. The second-order valence-electron chi connectivity index (χ2n) is 7.15. The van der Waals surface area contributed by atoms with E-state index in [-0.39, 0.29) is 15.8 Å². The zero-order valence-corrected chi connectivity index (χ0v) is 27.3. The summed E-state index contributed by atoms with van der Waals surface area (Å²) < 4.78 is 0. The quantitative estimate of drug-likeness (QED) is 0.173. The molecule has 0 spiro atoms. The zero-order chi connectivity index (χ0) is 25.5. The monoisotopic (exact) mass is 755 g/mol. The van der Waals surface area contributed by atoms with Crippen LogP contribution in [0.2, 0.25) is 0 Å². The van der Waals surface area contributed by atoms with Gasteiger partial charge in [0.25, 0.3) is 0 Å². The Labute approximate surface area is 232 Å². The van der Waals surface area contributed by atoms with Crippen molar-refractivity contribution in [1.29, 1.82) is 0 Å². The van der Waals surface area contributed by atoms with Gasteiger partial charge in [0.05, 0.1) is 0 Å². The number of benzene rings is 4. The van der Waals surface area contributed by atoms with Gasteiger partial charge < -0.3 is 0 Å². The Morgan fingerprint density at radius 1 is 0.429 bits per heavy atom. The molecule has 4 aromatic rings. The van der Waals surface area contributed by atoms with E-state index in [0.29, 0.717) is 0 Å². The number of halogens is 4. The summed E-state index contributed by atoms with van der Waals surface area (Å²) in [6.45, 7) is 4.54. The van der Waals surface area contributed by atoms with E-state index in [9.17, 15) is 0 Å². The van der Waals surface area contributed by atoms with Gasteiger partial charge >= 0.3 is 49.6 Å². The minimum atomic E-state index is -3.22. The minimum absolute atomic E-state index is 0.149. The molecule has 0 saturated carbocycles. The van der Waals surface area contributed by atoms with E-state index in [1.165, 1.54) is 33.5 Å². The summed E-state index contributed by atoms with van der Waals surface area (Å²) in [5.41, 5.74) is 0. The van der Waals surface area contributed by atoms with Crippen molar-refractivity contribution in [2.75, 3.05) is 12.3 Å². The molecule has 0 saturated heterocycles. The Kier molecular flexibility index (Phi) is 15.1. The van der Waals surface area contributed by atoms with Crippen LogP contribution in [0, 0.1) is 0 Å². The van der Waals surface area contributed by atoms with Crippen molar-refractivity contribution in [3.8, 4) is 0 Å². The molecule has 0 radical (unpaired) electrons. The van der Waals surface area contributed by atoms with Crippen LogP contribution in [-0.2, 0) is 11.5 Å². The van der Waals surface area contributed by atoms with Crippen molar-refractivity contribution in [2.24, 2.45) is 0 Å². The van der Waals surface area contributed by atoms with E-state index in [4.69, 9.17) is 38.1 Å². The van der Waals surface area contributed by atoms with Crippen molar-refractivity contribution < 1.29 is 11.5 Å². The van der Waals surface area contributed by atoms with Gasteiger partial charge in [0.15, 0.2) is 0 Å². The second-order valence-corrected chi connectivity index (χ2v) is 35.7. The summed E-state index contributed by atoms with van der Waals surface area (Å²) >= 11 is -3.22. The van der Waals surface area contributed by atoms with Crippen molar-refractivity contribution in [1.82, 2.24) is 0 Å². The third-order valence-electron chi connectivity index (χ3n) is 4.90. The molecule has 7 heteroatoms. The van der Waals surface area contributed by atoms with Gasteiger partial charge in [-0.3, -0.25) is 0 Å². The van der Waals surface area contributed by atoms with Gasteiger partial charge in [0, 0.05) is 0 Å². The van der Waals surface area contributed by atoms with Gasteiger partial charge in [0.2, 0.25) is 0 Å². The van der Waals surface area contributed by atoms with Crippen molar-refractivity contribution in [3.63, 3.8) is 0 Å². The normalized spacial score (nSPS) is 11.2. The first kappa shape index (κ1) is 30.8. The fraction of sp³-hybridized carbons (Fsp3) is 0.143. The van der Waals surface area contributed by atoms with Crippen LogP contribution >= 0.6 is 54.0 Å². The third kappa shape index (κ3) is 12.6. The molecule has 0 heterocycles. The zero-order valence-electron chi connectivity index (χ0n) is 19.7. The first-order valence-corrected chi connectivity index (χ1v) is 27.7. The van der Waals surface area contributed by atoms with Crippen LogP contribution in [0.1, 0.15) is 13.8 Å². The average Bonchev–Trinajstić information content (AvgIpc) is 2.87.